The van der Waals surface area contributed by atoms with Gasteiger partial charge in [0.25, 0.3) is 0 Å². The van der Waals surface area contributed by atoms with Gasteiger partial charge in [0, 0.05) is 19.7 Å². The molecule has 1 rings (SSSR count). The molecule has 1 aliphatic rings. The first-order chi connectivity index (χ1) is 6.22. The Morgan fingerprint density at radius 1 is 1.62 bits per heavy atom. The molecule has 0 amide bonds. The molecule has 0 saturated carbocycles. The summed E-state index contributed by atoms with van der Waals surface area (Å²) in [6.07, 6.45) is 1.93. The zero-order valence-corrected chi connectivity index (χ0v) is 8.15. The van der Waals surface area contributed by atoms with Crippen LogP contribution >= 0.6 is 0 Å². The molecular formula is C9H19NO3. The van der Waals surface area contributed by atoms with Crippen molar-refractivity contribution in [2.75, 3.05) is 33.4 Å². The van der Waals surface area contributed by atoms with Crippen LogP contribution in [0.2, 0.25) is 0 Å². The molecule has 4 nitrogen and oxygen atoms in total. The van der Waals surface area contributed by atoms with Gasteiger partial charge in [-0.15, -0.1) is 0 Å². The minimum atomic E-state index is -0.633. The van der Waals surface area contributed by atoms with Gasteiger partial charge >= 0.3 is 0 Å². The van der Waals surface area contributed by atoms with Gasteiger partial charge in [0.15, 0.2) is 0 Å². The van der Waals surface area contributed by atoms with Gasteiger partial charge in [-0.3, -0.25) is 0 Å². The first-order valence-electron chi connectivity index (χ1n) is 4.81. The number of ether oxygens (including phenoxy) is 1. The molecule has 0 aromatic heterocycles. The lowest BCUT2D eigenvalue weighted by Gasteiger charge is -2.22. The number of likely N-dealkylation sites (N-methyl/N-ethyl adjacent to an activating group) is 1. The molecule has 78 valence electrons. The Balaban J connectivity index is 2.12. The van der Waals surface area contributed by atoms with Gasteiger partial charge in [0.2, 0.25) is 0 Å². The summed E-state index contributed by atoms with van der Waals surface area (Å²) in [7, 11) is 1.93. The first-order valence-corrected chi connectivity index (χ1v) is 4.81. The third-order valence-electron chi connectivity index (χ3n) is 2.27. The first kappa shape index (κ1) is 10.9. The Morgan fingerprint density at radius 3 is 2.92 bits per heavy atom. The summed E-state index contributed by atoms with van der Waals surface area (Å²) in [6.45, 7) is 2.05. The van der Waals surface area contributed by atoms with Crippen LogP contribution < -0.4 is 0 Å². The molecular weight excluding hydrogens is 170 g/mol. The average Bonchev–Trinajstić information content (AvgIpc) is 2.56. The largest absolute Gasteiger partial charge is 0.394 e. The molecule has 0 bridgehead atoms. The van der Waals surface area contributed by atoms with Crippen LogP contribution in [0.25, 0.3) is 0 Å². The molecule has 2 unspecified atom stereocenters. The van der Waals surface area contributed by atoms with Gasteiger partial charge < -0.3 is 19.8 Å². The van der Waals surface area contributed by atoms with Gasteiger partial charge in [-0.1, -0.05) is 0 Å². The number of hydrogen-bond acceptors (Lipinski definition) is 4. The normalized spacial score (nSPS) is 25.4. The number of aliphatic hydroxyl groups is 2. The molecule has 1 aliphatic heterocycles. The summed E-state index contributed by atoms with van der Waals surface area (Å²) in [5.41, 5.74) is 0. The van der Waals surface area contributed by atoms with E-state index in [0.29, 0.717) is 12.6 Å². The second-order valence-corrected chi connectivity index (χ2v) is 3.69. The molecule has 1 fully saturated rings. The topological polar surface area (TPSA) is 52.9 Å². The highest BCUT2D eigenvalue weighted by molar-refractivity contribution is 4.70. The summed E-state index contributed by atoms with van der Waals surface area (Å²) in [5.74, 6) is 0. The SMILES string of the molecule is CN(CC(O)CO)CC1CCCO1. The van der Waals surface area contributed by atoms with Crippen LogP contribution in [-0.4, -0.2) is 60.7 Å². The highest BCUT2D eigenvalue weighted by atomic mass is 16.5. The van der Waals surface area contributed by atoms with E-state index in [1.54, 1.807) is 0 Å². The highest BCUT2D eigenvalue weighted by Gasteiger charge is 2.18. The van der Waals surface area contributed by atoms with E-state index in [4.69, 9.17) is 14.9 Å². The van der Waals surface area contributed by atoms with Gasteiger partial charge in [0.05, 0.1) is 18.8 Å². The predicted molar refractivity (Wildman–Crippen MR) is 49.6 cm³/mol. The summed E-state index contributed by atoms with van der Waals surface area (Å²) in [4.78, 5) is 2.00. The zero-order chi connectivity index (χ0) is 9.68. The van der Waals surface area contributed by atoms with Crippen molar-refractivity contribution in [1.82, 2.24) is 4.90 Å². The van der Waals surface area contributed by atoms with Crippen LogP contribution in [0.15, 0.2) is 0 Å². The molecule has 1 heterocycles. The maximum atomic E-state index is 9.17. The van der Waals surface area contributed by atoms with Crippen molar-refractivity contribution in [1.29, 1.82) is 0 Å². The molecule has 4 heteroatoms. The van der Waals surface area contributed by atoms with Gasteiger partial charge in [-0.2, -0.15) is 0 Å². The maximum Gasteiger partial charge on any atom is 0.0897 e. The molecule has 0 aromatic carbocycles. The van der Waals surface area contributed by atoms with Crippen LogP contribution in [-0.2, 0) is 4.74 Å². The Hall–Kier alpha value is -0.160. The van der Waals surface area contributed by atoms with E-state index >= 15 is 0 Å². The minimum Gasteiger partial charge on any atom is -0.394 e. The zero-order valence-electron chi connectivity index (χ0n) is 8.15. The van der Waals surface area contributed by atoms with E-state index < -0.39 is 6.10 Å². The van der Waals surface area contributed by atoms with Crippen LogP contribution in [0.5, 0.6) is 0 Å². The monoisotopic (exact) mass is 189 g/mol. The van der Waals surface area contributed by atoms with Crippen molar-refractivity contribution in [2.24, 2.45) is 0 Å². The molecule has 2 atom stereocenters. The van der Waals surface area contributed by atoms with Crippen molar-refractivity contribution < 1.29 is 14.9 Å². The second kappa shape index (κ2) is 5.54. The van der Waals surface area contributed by atoms with Crippen molar-refractivity contribution in [3.63, 3.8) is 0 Å². The van der Waals surface area contributed by atoms with E-state index in [1.807, 2.05) is 11.9 Å². The number of nitrogens with zero attached hydrogens (tertiary/aromatic N) is 1. The molecule has 0 spiro atoms. The molecule has 0 aliphatic carbocycles. The predicted octanol–water partition coefficient (Wildman–Crippen LogP) is -0.550. The lowest BCUT2D eigenvalue weighted by Crippen LogP contribution is -2.36. The van der Waals surface area contributed by atoms with Crippen molar-refractivity contribution in [3.05, 3.63) is 0 Å². The fraction of sp³-hybridized carbons (Fsp3) is 1.00. The van der Waals surface area contributed by atoms with E-state index in [9.17, 15) is 0 Å². The lowest BCUT2D eigenvalue weighted by molar-refractivity contribution is 0.0394. The average molecular weight is 189 g/mol. The Labute approximate surface area is 79.1 Å². The molecule has 0 radical (unpaired) electrons. The Morgan fingerprint density at radius 2 is 2.38 bits per heavy atom. The summed E-state index contributed by atoms with van der Waals surface area (Å²) >= 11 is 0. The number of rotatable bonds is 5. The molecule has 2 N–H and O–H groups in total. The van der Waals surface area contributed by atoms with E-state index in [0.717, 1.165) is 26.0 Å². The Kier molecular flexibility index (Phi) is 4.66. The van der Waals surface area contributed by atoms with Crippen LogP contribution in [0.4, 0.5) is 0 Å². The van der Waals surface area contributed by atoms with E-state index in [-0.39, 0.29) is 6.61 Å². The van der Waals surface area contributed by atoms with Gasteiger partial charge in [-0.25, -0.2) is 0 Å². The van der Waals surface area contributed by atoms with Crippen molar-refractivity contribution >= 4 is 0 Å². The third-order valence-corrected chi connectivity index (χ3v) is 2.27. The number of aliphatic hydroxyl groups excluding tert-OH is 2. The minimum absolute atomic E-state index is 0.171. The Bertz CT molecular complexity index is 137. The standard InChI is InChI=1S/C9H19NO3/c1-10(5-8(12)7-11)6-9-3-2-4-13-9/h8-9,11-12H,2-7H2,1H3. The van der Waals surface area contributed by atoms with Gasteiger partial charge in [0.1, 0.15) is 0 Å². The van der Waals surface area contributed by atoms with E-state index in [1.165, 1.54) is 0 Å². The highest BCUT2D eigenvalue weighted by Crippen LogP contribution is 2.12. The third kappa shape index (κ3) is 4.04. The molecule has 13 heavy (non-hydrogen) atoms. The smallest absolute Gasteiger partial charge is 0.0897 e. The molecule has 1 saturated heterocycles. The summed E-state index contributed by atoms with van der Waals surface area (Å²) in [6, 6.07) is 0. The quantitative estimate of drug-likeness (QED) is 0.609. The number of hydrogen-bond donors (Lipinski definition) is 2. The maximum absolute atomic E-state index is 9.17. The van der Waals surface area contributed by atoms with Gasteiger partial charge in [-0.05, 0) is 19.9 Å². The van der Waals surface area contributed by atoms with E-state index in [2.05, 4.69) is 0 Å². The fourth-order valence-corrected chi connectivity index (χ4v) is 1.63. The van der Waals surface area contributed by atoms with Crippen LogP contribution in [0.3, 0.4) is 0 Å². The van der Waals surface area contributed by atoms with Crippen molar-refractivity contribution in [3.8, 4) is 0 Å². The summed E-state index contributed by atoms with van der Waals surface area (Å²) < 4.78 is 5.45. The molecule has 0 aromatic rings. The van der Waals surface area contributed by atoms with Crippen molar-refractivity contribution in [2.45, 2.75) is 25.0 Å². The van der Waals surface area contributed by atoms with Crippen LogP contribution in [0, 0.1) is 0 Å². The lowest BCUT2D eigenvalue weighted by atomic mass is 10.2. The van der Waals surface area contributed by atoms with Crippen LogP contribution in [0.1, 0.15) is 12.8 Å². The summed E-state index contributed by atoms with van der Waals surface area (Å²) in [5, 5.41) is 17.8. The second-order valence-electron chi connectivity index (χ2n) is 3.69. The fourth-order valence-electron chi connectivity index (χ4n) is 1.63.